The van der Waals surface area contributed by atoms with Gasteiger partial charge in [-0.15, -0.1) is 24.0 Å². The number of nitro benzene ring substituents is 1. The summed E-state index contributed by atoms with van der Waals surface area (Å²) in [5.74, 6) is 0.602. The highest BCUT2D eigenvalue weighted by atomic mass is 127. The number of aliphatic imine (C=N–C) groups is 1. The third-order valence-corrected chi connectivity index (χ3v) is 5.27. The molecule has 0 unspecified atom stereocenters. The summed E-state index contributed by atoms with van der Waals surface area (Å²) in [4.78, 5) is 15.1. The Bertz CT molecular complexity index is 976. The number of halogens is 1. The molecule has 0 aliphatic rings. The van der Waals surface area contributed by atoms with Gasteiger partial charge in [-0.3, -0.25) is 10.1 Å². The minimum atomic E-state index is -3.24. The average Bonchev–Trinajstić information content (AvgIpc) is 2.63. The lowest BCUT2D eigenvalue weighted by Gasteiger charge is -2.12. The van der Waals surface area contributed by atoms with Gasteiger partial charge in [-0.25, -0.2) is 13.4 Å². The van der Waals surface area contributed by atoms with Crippen LogP contribution in [0.15, 0.2) is 52.4 Å². The number of hydrogen-bond acceptors (Lipinski definition) is 5. The number of hydrogen-bond donors (Lipinski definition) is 2. The minimum Gasteiger partial charge on any atom is -0.357 e. The third-order valence-electron chi connectivity index (χ3n) is 4.01. The van der Waals surface area contributed by atoms with Crippen molar-refractivity contribution in [2.75, 3.05) is 12.8 Å². The molecule has 2 rings (SSSR count). The molecule has 0 aliphatic heterocycles. The summed E-state index contributed by atoms with van der Waals surface area (Å²) in [7, 11) is -3.24. The molecule has 10 heteroatoms. The Kier molecular flexibility index (Phi) is 9.50. The van der Waals surface area contributed by atoms with Crippen molar-refractivity contribution in [1.82, 2.24) is 10.6 Å². The number of benzene rings is 2. The molecule has 2 aromatic carbocycles. The summed E-state index contributed by atoms with van der Waals surface area (Å²) in [6.45, 7) is 5.25. The summed E-state index contributed by atoms with van der Waals surface area (Å²) < 4.78 is 23.4. The van der Waals surface area contributed by atoms with Crippen LogP contribution in [0.3, 0.4) is 0 Å². The molecule has 0 heterocycles. The van der Waals surface area contributed by atoms with Gasteiger partial charge < -0.3 is 10.6 Å². The van der Waals surface area contributed by atoms with Crippen molar-refractivity contribution in [2.24, 2.45) is 4.99 Å². The van der Waals surface area contributed by atoms with Gasteiger partial charge in [-0.2, -0.15) is 0 Å². The second-order valence-electron chi connectivity index (χ2n) is 6.34. The molecule has 0 saturated heterocycles. The maximum atomic E-state index is 11.7. The maximum absolute atomic E-state index is 11.7. The summed E-state index contributed by atoms with van der Waals surface area (Å²) >= 11 is 0. The van der Waals surface area contributed by atoms with Crippen LogP contribution < -0.4 is 10.6 Å². The first-order chi connectivity index (χ1) is 13.2. The number of aryl methyl sites for hydroxylation is 1. The smallest absolute Gasteiger partial charge is 0.269 e. The summed E-state index contributed by atoms with van der Waals surface area (Å²) in [5, 5.41) is 17.0. The molecule has 0 fully saturated rings. The van der Waals surface area contributed by atoms with Gasteiger partial charge in [0.1, 0.15) is 0 Å². The number of nitrogens with one attached hydrogen (secondary N) is 2. The van der Waals surface area contributed by atoms with Crippen molar-refractivity contribution in [1.29, 1.82) is 0 Å². The van der Waals surface area contributed by atoms with E-state index in [1.807, 2.05) is 13.0 Å². The van der Waals surface area contributed by atoms with Gasteiger partial charge in [0.2, 0.25) is 0 Å². The maximum Gasteiger partial charge on any atom is 0.269 e. The molecule has 0 radical (unpaired) electrons. The van der Waals surface area contributed by atoms with E-state index in [1.54, 1.807) is 31.2 Å². The van der Waals surface area contributed by atoms with Crippen LogP contribution >= 0.6 is 24.0 Å². The molecule has 0 aromatic heterocycles. The van der Waals surface area contributed by atoms with Gasteiger partial charge in [-0.05, 0) is 36.6 Å². The standard InChI is InChI=1S/C19H24N4O4S.HI/c1-4-20-19(21-12-15-5-8-17(9-6-15)23(24)25)22-13-16-7-10-18(14(2)11-16)28(3,26)27;/h5-11H,4,12-13H2,1-3H3,(H2,20,21,22);1H. The van der Waals surface area contributed by atoms with Gasteiger partial charge in [0.05, 0.1) is 16.4 Å². The predicted octanol–water partition coefficient (Wildman–Crippen LogP) is 3.18. The van der Waals surface area contributed by atoms with Crippen LogP contribution in [0.2, 0.25) is 0 Å². The fourth-order valence-electron chi connectivity index (χ4n) is 2.66. The second kappa shape index (κ2) is 11.1. The third kappa shape index (κ3) is 7.61. The SMILES string of the molecule is CCNC(=NCc1ccc(S(C)(=O)=O)c(C)c1)NCc1ccc([N+](=O)[O-])cc1.I. The summed E-state index contributed by atoms with van der Waals surface area (Å²) in [5.41, 5.74) is 2.54. The van der Waals surface area contributed by atoms with Crippen molar-refractivity contribution >= 4 is 45.5 Å². The van der Waals surface area contributed by atoms with Gasteiger partial charge in [-0.1, -0.05) is 24.3 Å². The molecule has 2 aromatic rings. The Morgan fingerprint density at radius 3 is 2.24 bits per heavy atom. The van der Waals surface area contributed by atoms with E-state index >= 15 is 0 Å². The zero-order valence-electron chi connectivity index (χ0n) is 16.5. The van der Waals surface area contributed by atoms with Gasteiger partial charge in [0.25, 0.3) is 5.69 Å². The Hall–Kier alpha value is -2.21. The molecule has 0 atom stereocenters. The monoisotopic (exact) mass is 532 g/mol. The molecule has 0 bridgehead atoms. The summed E-state index contributed by atoms with van der Waals surface area (Å²) in [6, 6.07) is 11.5. The van der Waals surface area contributed by atoms with Crippen molar-refractivity contribution in [3.63, 3.8) is 0 Å². The largest absolute Gasteiger partial charge is 0.357 e. The van der Waals surface area contributed by atoms with E-state index in [0.29, 0.717) is 36.1 Å². The quantitative estimate of drug-likeness (QED) is 0.186. The van der Waals surface area contributed by atoms with Crippen molar-refractivity contribution in [3.8, 4) is 0 Å². The van der Waals surface area contributed by atoms with E-state index in [9.17, 15) is 18.5 Å². The van der Waals surface area contributed by atoms with E-state index in [1.165, 1.54) is 18.4 Å². The topological polar surface area (TPSA) is 114 Å². The van der Waals surface area contributed by atoms with Crippen LogP contribution in [0, 0.1) is 17.0 Å². The first kappa shape index (κ1) is 24.8. The molecule has 0 saturated carbocycles. The molecule has 0 aliphatic carbocycles. The lowest BCUT2D eigenvalue weighted by Crippen LogP contribution is -2.36. The number of non-ortho nitro benzene ring substituents is 1. The van der Waals surface area contributed by atoms with Crippen LogP contribution in [0.4, 0.5) is 5.69 Å². The van der Waals surface area contributed by atoms with Crippen molar-refractivity contribution in [2.45, 2.75) is 31.8 Å². The lowest BCUT2D eigenvalue weighted by molar-refractivity contribution is -0.384. The lowest BCUT2D eigenvalue weighted by atomic mass is 10.1. The van der Waals surface area contributed by atoms with Gasteiger partial charge in [0.15, 0.2) is 15.8 Å². The molecule has 158 valence electrons. The zero-order chi connectivity index (χ0) is 20.7. The minimum absolute atomic E-state index is 0. The first-order valence-electron chi connectivity index (χ1n) is 8.76. The number of nitrogens with zero attached hydrogens (tertiary/aromatic N) is 2. The zero-order valence-corrected chi connectivity index (χ0v) is 19.7. The normalized spacial score (nSPS) is 11.5. The number of sulfone groups is 1. The van der Waals surface area contributed by atoms with E-state index < -0.39 is 14.8 Å². The fourth-order valence-corrected chi connectivity index (χ4v) is 3.62. The van der Waals surface area contributed by atoms with Crippen molar-refractivity contribution in [3.05, 3.63) is 69.3 Å². The number of guanidine groups is 1. The highest BCUT2D eigenvalue weighted by molar-refractivity contribution is 14.0. The molecule has 8 nitrogen and oxygen atoms in total. The Balaban J connectivity index is 0.00000420. The van der Waals surface area contributed by atoms with Crippen LogP contribution in [0.25, 0.3) is 0 Å². The average molecular weight is 532 g/mol. The van der Waals surface area contributed by atoms with E-state index in [2.05, 4.69) is 15.6 Å². The Morgan fingerprint density at radius 1 is 1.10 bits per heavy atom. The van der Waals surface area contributed by atoms with Gasteiger partial charge >= 0.3 is 0 Å². The highest BCUT2D eigenvalue weighted by Gasteiger charge is 2.11. The van der Waals surface area contributed by atoms with E-state index in [-0.39, 0.29) is 29.7 Å². The predicted molar refractivity (Wildman–Crippen MR) is 124 cm³/mol. The van der Waals surface area contributed by atoms with Crippen molar-refractivity contribution < 1.29 is 13.3 Å². The molecule has 29 heavy (non-hydrogen) atoms. The molecular weight excluding hydrogens is 507 g/mol. The van der Waals surface area contributed by atoms with E-state index in [0.717, 1.165) is 11.1 Å². The fraction of sp³-hybridized carbons (Fsp3) is 0.316. The van der Waals surface area contributed by atoms with Crippen LogP contribution in [0.5, 0.6) is 0 Å². The summed E-state index contributed by atoms with van der Waals surface area (Å²) in [6.07, 6.45) is 1.19. The molecular formula is C19H25IN4O4S. The number of rotatable bonds is 7. The number of nitro groups is 1. The molecule has 0 spiro atoms. The second-order valence-corrected chi connectivity index (χ2v) is 8.33. The van der Waals surface area contributed by atoms with E-state index in [4.69, 9.17) is 0 Å². The van der Waals surface area contributed by atoms with Gasteiger partial charge in [0, 0.05) is 31.5 Å². The highest BCUT2D eigenvalue weighted by Crippen LogP contribution is 2.17. The Morgan fingerprint density at radius 2 is 1.72 bits per heavy atom. The van der Waals surface area contributed by atoms with Crippen LogP contribution in [-0.2, 0) is 22.9 Å². The Labute approximate surface area is 187 Å². The van der Waals surface area contributed by atoms with Crippen LogP contribution in [-0.4, -0.2) is 32.1 Å². The van der Waals surface area contributed by atoms with Crippen LogP contribution in [0.1, 0.15) is 23.6 Å². The molecule has 0 amide bonds. The first-order valence-corrected chi connectivity index (χ1v) is 10.6. The molecule has 2 N–H and O–H groups in total.